The van der Waals surface area contributed by atoms with Crippen LogP contribution in [0.15, 0.2) is 30.3 Å². The number of para-hydroxylation sites is 1. The second-order valence-corrected chi connectivity index (χ2v) is 6.25. The smallest absolute Gasteiger partial charge is 0.0366 e. The summed E-state index contributed by atoms with van der Waals surface area (Å²) < 4.78 is 0. The Labute approximate surface area is 124 Å². The lowest BCUT2D eigenvalue weighted by Crippen LogP contribution is -2.28. The summed E-state index contributed by atoms with van der Waals surface area (Å²) in [4.78, 5) is 2.54. The number of anilines is 1. The Hall–Kier alpha value is -1.02. The molecule has 0 radical (unpaired) electrons. The molecule has 0 aliphatic heterocycles. The van der Waals surface area contributed by atoms with Crippen molar-refractivity contribution in [3.63, 3.8) is 0 Å². The van der Waals surface area contributed by atoms with Crippen molar-refractivity contribution >= 4 is 5.69 Å². The number of rotatable bonds is 7. The van der Waals surface area contributed by atoms with Gasteiger partial charge in [-0.1, -0.05) is 25.1 Å². The van der Waals surface area contributed by atoms with Crippen LogP contribution in [0.4, 0.5) is 5.69 Å². The summed E-state index contributed by atoms with van der Waals surface area (Å²) in [6.07, 6.45) is 9.08. The molecule has 1 aliphatic rings. The minimum atomic E-state index is 0.479. The summed E-state index contributed by atoms with van der Waals surface area (Å²) in [5.74, 6) is 0.925. The first-order valence-electron chi connectivity index (χ1n) is 8.35. The average Bonchev–Trinajstić information content (AvgIpc) is 2.49. The Morgan fingerprint density at radius 1 is 1.05 bits per heavy atom. The predicted octanol–water partition coefficient (Wildman–Crippen LogP) is 4.20. The maximum absolute atomic E-state index is 5.98. The Bertz CT molecular complexity index is 355. The van der Waals surface area contributed by atoms with Gasteiger partial charge < -0.3 is 10.6 Å². The molecule has 0 saturated heterocycles. The Morgan fingerprint density at radius 2 is 1.75 bits per heavy atom. The average molecular weight is 274 g/mol. The molecule has 20 heavy (non-hydrogen) atoms. The molecule has 1 fully saturated rings. The van der Waals surface area contributed by atoms with E-state index in [9.17, 15) is 0 Å². The van der Waals surface area contributed by atoms with Crippen molar-refractivity contribution < 1.29 is 0 Å². The molecule has 2 nitrogen and oxygen atoms in total. The molecule has 0 unspecified atom stereocenters. The van der Waals surface area contributed by atoms with Gasteiger partial charge >= 0.3 is 0 Å². The molecule has 0 aromatic heterocycles. The van der Waals surface area contributed by atoms with Gasteiger partial charge in [0.2, 0.25) is 0 Å². The molecule has 0 atom stereocenters. The predicted molar refractivity (Wildman–Crippen MR) is 88.1 cm³/mol. The van der Waals surface area contributed by atoms with Crippen molar-refractivity contribution in [1.82, 2.24) is 0 Å². The van der Waals surface area contributed by atoms with Gasteiger partial charge in [0.15, 0.2) is 0 Å². The second-order valence-electron chi connectivity index (χ2n) is 6.25. The van der Waals surface area contributed by atoms with Crippen LogP contribution in [0.25, 0.3) is 0 Å². The van der Waals surface area contributed by atoms with Crippen LogP contribution in [0.3, 0.4) is 0 Å². The Morgan fingerprint density at radius 3 is 2.40 bits per heavy atom. The molecule has 0 spiro atoms. The van der Waals surface area contributed by atoms with Crippen LogP contribution in [0.5, 0.6) is 0 Å². The lowest BCUT2D eigenvalue weighted by molar-refractivity contribution is 0.306. The lowest BCUT2D eigenvalue weighted by atomic mass is 9.84. The third-order valence-corrected chi connectivity index (χ3v) is 4.55. The first-order valence-corrected chi connectivity index (χ1v) is 8.35. The molecule has 1 aromatic carbocycles. The van der Waals surface area contributed by atoms with Gasteiger partial charge in [-0.15, -0.1) is 0 Å². The highest BCUT2D eigenvalue weighted by Crippen LogP contribution is 2.27. The van der Waals surface area contributed by atoms with Crippen molar-refractivity contribution in [1.29, 1.82) is 0 Å². The zero-order valence-electron chi connectivity index (χ0n) is 12.9. The quantitative estimate of drug-likeness (QED) is 0.807. The zero-order valence-corrected chi connectivity index (χ0v) is 12.9. The van der Waals surface area contributed by atoms with E-state index in [1.807, 2.05) is 0 Å². The van der Waals surface area contributed by atoms with E-state index in [-0.39, 0.29) is 0 Å². The maximum atomic E-state index is 5.98. The highest BCUT2D eigenvalue weighted by atomic mass is 15.1. The maximum Gasteiger partial charge on any atom is 0.0366 e. The number of nitrogens with zero attached hydrogens (tertiary/aromatic N) is 1. The van der Waals surface area contributed by atoms with Crippen LogP contribution in [-0.2, 0) is 0 Å². The Kier molecular flexibility index (Phi) is 6.38. The van der Waals surface area contributed by atoms with E-state index in [2.05, 4.69) is 42.2 Å². The fourth-order valence-corrected chi connectivity index (χ4v) is 3.33. The van der Waals surface area contributed by atoms with Crippen molar-refractivity contribution in [3.05, 3.63) is 30.3 Å². The van der Waals surface area contributed by atoms with Crippen LogP contribution < -0.4 is 10.6 Å². The van der Waals surface area contributed by atoms with Gasteiger partial charge in [-0.3, -0.25) is 0 Å². The van der Waals surface area contributed by atoms with Gasteiger partial charge in [0.25, 0.3) is 0 Å². The highest BCUT2D eigenvalue weighted by Gasteiger charge is 2.18. The fraction of sp³-hybridized carbons (Fsp3) is 0.667. The van der Waals surface area contributed by atoms with Crippen LogP contribution in [-0.4, -0.2) is 19.1 Å². The molecular weight excluding hydrogens is 244 g/mol. The van der Waals surface area contributed by atoms with Gasteiger partial charge in [0.1, 0.15) is 0 Å². The van der Waals surface area contributed by atoms with Crippen molar-refractivity contribution in [2.24, 2.45) is 11.7 Å². The van der Waals surface area contributed by atoms with E-state index in [0.29, 0.717) is 6.04 Å². The summed E-state index contributed by atoms with van der Waals surface area (Å²) in [6.45, 7) is 4.62. The van der Waals surface area contributed by atoms with Crippen LogP contribution in [0.2, 0.25) is 0 Å². The minimum Gasteiger partial charge on any atom is -0.372 e. The van der Waals surface area contributed by atoms with Gasteiger partial charge in [-0.2, -0.15) is 0 Å². The first kappa shape index (κ1) is 15.4. The molecule has 0 bridgehead atoms. The van der Waals surface area contributed by atoms with E-state index in [1.165, 1.54) is 63.7 Å². The normalized spacial score (nSPS) is 22.7. The van der Waals surface area contributed by atoms with Gasteiger partial charge in [-0.25, -0.2) is 0 Å². The third-order valence-electron chi connectivity index (χ3n) is 4.55. The number of hydrogen-bond acceptors (Lipinski definition) is 2. The summed E-state index contributed by atoms with van der Waals surface area (Å²) >= 11 is 0. The van der Waals surface area contributed by atoms with E-state index in [0.717, 1.165) is 5.92 Å². The largest absolute Gasteiger partial charge is 0.372 e. The molecular formula is C18H30N2. The van der Waals surface area contributed by atoms with Gasteiger partial charge in [-0.05, 0) is 63.0 Å². The summed E-state index contributed by atoms with van der Waals surface area (Å²) in [6, 6.07) is 11.3. The van der Waals surface area contributed by atoms with Gasteiger partial charge in [0.05, 0.1) is 0 Å². The van der Waals surface area contributed by atoms with Crippen LogP contribution in [0, 0.1) is 5.92 Å². The van der Waals surface area contributed by atoms with E-state index >= 15 is 0 Å². The van der Waals surface area contributed by atoms with Crippen LogP contribution >= 0.6 is 0 Å². The van der Waals surface area contributed by atoms with Crippen molar-refractivity contribution in [3.8, 4) is 0 Å². The summed E-state index contributed by atoms with van der Waals surface area (Å²) in [5.41, 5.74) is 7.36. The molecule has 2 rings (SSSR count). The molecule has 1 saturated carbocycles. The molecule has 0 heterocycles. The number of hydrogen-bond donors (Lipinski definition) is 1. The SMILES string of the molecule is CCCN(CCCC1CCC(N)CC1)c1ccccc1. The molecule has 2 N–H and O–H groups in total. The molecule has 112 valence electrons. The second kappa shape index (κ2) is 8.31. The zero-order chi connectivity index (χ0) is 14.2. The van der Waals surface area contributed by atoms with Crippen molar-refractivity contribution in [2.45, 2.75) is 57.9 Å². The number of benzene rings is 1. The standard InChI is InChI=1S/C18H30N2/c1-2-14-20(18-8-4-3-5-9-18)15-6-7-16-10-12-17(19)13-11-16/h3-5,8-9,16-17H,2,6-7,10-15,19H2,1H3. The highest BCUT2D eigenvalue weighted by molar-refractivity contribution is 5.45. The van der Waals surface area contributed by atoms with Crippen LogP contribution in [0.1, 0.15) is 51.9 Å². The fourth-order valence-electron chi connectivity index (χ4n) is 3.33. The molecule has 1 aromatic rings. The molecule has 1 aliphatic carbocycles. The van der Waals surface area contributed by atoms with Crippen molar-refractivity contribution in [2.75, 3.05) is 18.0 Å². The third kappa shape index (κ3) is 4.82. The topological polar surface area (TPSA) is 29.3 Å². The van der Waals surface area contributed by atoms with E-state index in [4.69, 9.17) is 5.73 Å². The minimum absolute atomic E-state index is 0.479. The molecule has 0 amide bonds. The first-order chi connectivity index (χ1) is 9.79. The van der Waals surface area contributed by atoms with E-state index < -0.39 is 0 Å². The lowest BCUT2D eigenvalue weighted by Gasteiger charge is -2.28. The summed E-state index contributed by atoms with van der Waals surface area (Å²) in [7, 11) is 0. The summed E-state index contributed by atoms with van der Waals surface area (Å²) in [5, 5.41) is 0. The van der Waals surface area contributed by atoms with E-state index in [1.54, 1.807) is 0 Å². The van der Waals surface area contributed by atoms with Gasteiger partial charge in [0, 0.05) is 24.8 Å². The number of nitrogens with two attached hydrogens (primary N) is 1. The monoisotopic (exact) mass is 274 g/mol. The Balaban J connectivity index is 1.75. The molecule has 2 heteroatoms.